The van der Waals surface area contributed by atoms with Crippen molar-refractivity contribution in [2.24, 2.45) is 5.92 Å². The van der Waals surface area contributed by atoms with Gasteiger partial charge in [0, 0.05) is 29.4 Å². The number of nitrogens with one attached hydrogen (secondary N) is 2. The standard InChI is InChI=1S/C26H27N3O4/c1-15-8-13-23-21(14-15)24(20-6-4-5-7-22(20)29-23)26(32)33-16(2)25(31)28-19-11-9-18(10-12-19)27-17(3)30/h4-7,9-12,15-16H,8,13-14H2,1-3H3,(H,27,30)(H,28,31). The number of hydrogen-bond donors (Lipinski definition) is 2. The van der Waals surface area contributed by atoms with Crippen LogP contribution in [0.25, 0.3) is 10.9 Å². The number of pyridine rings is 1. The quantitative estimate of drug-likeness (QED) is 0.564. The maximum atomic E-state index is 13.3. The molecule has 2 N–H and O–H groups in total. The zero-order chi connectivity index (χ0) is 23.5. The second kappa shape index (κ2) is 9.40. The molecule has 2 aromatic carbocycles. The highest BCUT2D eigenvalue weighted by Gasteiger charge is 2.28. The molecule has 1 aliphatic rings. The van der Waals surface area contributed by atoms with E-state index >= 15 is 0 Å². The van der Waals surface area contributed by atoms with Crippen molar-refractivity contribution >= 4 is 40.1 Å². The topological polar surface area (TPSA) is 97.4 Å². The average Bonchev–Trinajstić information content (AvgIpc) is 2.78. The maximum Gasteiger partial charge on any atom is 0.339 e. The third-order valence-corrected chi connectivity index (χ3v) is 5.84. The van der Waals surface area contributed by atoms with Gasteiger partial charge in [-0.3, -0.25) is 14.6 Å². The molecular formula is C26H27N3O4. The van der Waals surface area contributed by atoms with Gasteiger partial charge in [0.1, 0.15) is 0 Å². The highest BCUT2D eigenvalue weighted by atomic mass is 16.5. The van der Waals surface area contributed by atoms with Crippen molar-refractivity contribution in [3.63, 3.8) is 0 Å². The van der Waals surface area contributed by atoms with E-state index in [1.54, 1.807) is 31.2 Å². The number of hydrogen-bond acceptors (Lipinski definition) is 5. The van der Waals surface area contributed by atoms with Crippen molar-refractivity contribution in [1.82, 2.24) is 4.98 Å². The molecule has 2 amide bonds. The van der Waals surface area contributed by atoms with Crippen molar-refractivity contribution in [3.05, 3.63) is 65.4 Å². The van der Waals surface area contributed by atoms with Crippen LogP contribution in [0.4, 0.5) is 11.4 Å². The van der Waals surface area contributed by atoms with E-state index in [9.17, 15) is 14.4 Å². The molecule has 0 fully saturated rings. The monoisotopic (exact) mass is 445 g/mol. The first-order valence-corrected chi connectivity index (χ1v) is 11.1. The van der Waals surface area contributed by atoms with Crippen LogP contribution >= 0.6 is 0 Å². The molecule has 0 saturated carbocycles. The summed E-state index contributed by atoms with van der Waals surface area (Å²) in [6, 6.07) is 14.3. The Hall–Kier alpha value is -3.74. The lowest BCUT2D eigenvalue weighted by atomic mass is 9.84. The van der Waals surface area contributed by atoms with Crippen LogP contribution < -0.4 is 10.6 Å². The molecule has 4 rings (SSSR count). The molecule has 1 aromatic heterocycles. The normalized spacial score (nSPS) is 15.9. The fourth-order valence-electron chi connectivity index (χ4n) is 4.15. The summed E-state index contributed by atoms with van der Waals surface area (Å²) in [5.74, 6) is -0.667. The van der Waals surface area contributed by atoms with E-state index < -0.39 is 18.0 Å². The number of ether oxygens (including phenoxy) is 1. The van der Waals surface area contributed by atoms with Gasteiger partial charge in [0.05, 0.1) is 11.1 Å². The van der Waals surface area contributed by atoms with Crippen molar-refractivity contribution in [3.8, 4) is 0 Å². The molecule has 2 atom stereocenters. The summed E-state index contributed by atoms with van der Waals surface area (Å²) < 4.78 is 5.62. The van der Waals surface area contributed by atoms with Crippen LogP contribution in [0, 0.1) is 5.92 Å². The number of esters is 1. The van der Waals surface area contributed by atoms with Gasteiger partial charge in [-0.1, -0.05) is 25.1 Å². The van der Waals surface area contributed by atoms with Crippen LogP contribution in [0.15, 0.2) is 48.5 Å². The van der Waals surface area contributed by atoms with Gasteiger partial charge >= 0.3 is 5.97 Å². The molecule has 33 heavy (non-hydrogen) atoms. The Kier molecular flexibility index (Phi) is 6.40. The van der Waals surface area contributed by atoms with Gasteiger partial charge in [-0.25, -0.2) is 4.79 Å². The maximum absolute atomic E-state index is 13.3. The highest BCUT2D eigenvalue weighted by Crippen LogP contribution is 2.32. The highest BCUT2D eigenvalue weighted by molar-refractivity contribution is 6.06. The summed E-state index contributed by atoms with van der Waals surface area (Å²) in [5.41, 5.74) is 4.31. The van der Waals surface area contributed by atoms with Gasteiger partial charge in [-0.2, -0.15) is 0 Å². The van der Waals surface area contributed by atoms with Crippen LogP contribution in [0.3, 0.4) is 0 Å². The molecule has 1 aliphatic carbocycles. The third kappa shape index (κ3) is 5.03. The summed E-state index contributed by atoms with van der Waals surface area (Å²) in [6.45, 7) is 5.15. The van der Waals surface area contributed by atoms with Crippen molar-refractivity contribution in [1.29, 1.82) is 0 Å². The number of anilines is 2. The summed E-state index contributed by atoms with van der Waals surface area (Å²) >= 11 is 0. The first kappa shape index (κ1) is 22.5. The van der Waals surface area contributed by atoms with E-state index in [0.29, 0.717) is 22.9 Å². The van der Waals surface area contributed by atoms with Gasteiger partial charge < -0.3 is 15.4 Å². The van der Waals surface area contributed by atoms with Crippen LogP contribution in [0.1, 0.15) is 48.8 Å². The molecular weight excluding hydrogens is 418 g/mol. The number of aryl methyl sites for hydroxylation is 1. The number of benzene rings is 2. The molecule has 1 heterocycles. The summed E-state index contributed by atoms with van der Waals surface area (Å²) in [5, 5.41) is 6.16. The zero-order valence-electron chi connectivity index (χ0n) is 19.0. The summed E-state index contributed by atoms with van der Waals surface area (Å²) in [6.07, 6.45) is 1.63. The minimum Gasteiger partial charge on any atom is -0.449 e. The molecule has 7 heteroatoms. The van der Waals surface area contributed by atoms with Gasteiger partial charge in [-0.05, 0) is 68.0 Å². The number of aromatic nitrogens is 1. The van der Waals surface area contributed by atoms with Gasteiger partial charge in [0.2, 0.25) is 5.91 Å². The summed E-state index contributed by atoms with van der Waals surface area (Å²) in [4.78, 5) is 41.9. The first-order valence-electron chi connectivity index (χ1n) is 11.1. The smallest absolute Gasteiger partial charge is 0.339 e. The van der Waals surface area contributed by atoms with E-state index in [4.69, 9.17) is 9.72 Å². The molecule has 0 saturated heterocycles. The first-order chi connectivity index (χ1) is 15.8. The Morgan fingerprint density at radius 1 is 1.03 bits per heavy atom. The number of fused-ring (bicyclic) bond motifs is 2. The fourth-order valence-corrected chi connectivity index (χ4v) is 4.15. The Bertz CT molecular complexity index is 1220. The molecule has 7 nitrogen and oxygen atoms in total. The molecule has 0 spiro atoms. The molecule has 0 radical (unpaired) electrons. The number of carbonyl (C=O) groups is 3. The largest absolute Gasteiger partial charge is 0.449 e. The Labute approximate surface area is 192 Å². The minimum atomic E-state index is -0.990. The van der Waals surface area contributed by atoms with Crippen LogP contribution in [-0.4, -0.2) is 28.9 Å². The summed E-state index contributed by atoms with van der Waals surface area (Å²) in [7, 11) is 0. The zero-order valence-corrected chi connectivity index (χ0v) is 19.0. The third-order valence-electron chi connectivity index (χ3n) is 5.84. The molecule has 0 aliphatic heterocycles. The fraction of sp³-hybridized carbons (Fsp3) is 0.308. The van der Waals surface area contributed by atoms with E-state index in [0.717, 1.165) is 41.4 Å². The number of amides is 2. The van der Waals surface area contributed by atoms with E-state index in [-0.39, 0.29) is 5.91 Å². The predicted molar refractivity (Wildman–Crippen MR) is 127 cm³/mol. The second-order valence-corrected chi connectivity index (χ2v) is 8.57. The number of rotatable bonds is 5. The molecule has 2 unspecified atom stereocenters. The lowest BCUT2D eigenvalue weighted by Crippen LogP contribution is -2.31. The lowest BCUT2D eigenvalue weighted by molar-refractivity contribution is -0.123. The number of carbonyl (C=O) groups excluding carboxylic acids is 3. The van der Waals surface area contributed by atoms with Crippen LogP contribution in [0.2, 0.25) is 0 Å². The van der Waals surface area contributed by atoms with Crippen molar-refractivity contribution < 1.29 is 19.1 Å². The van der Waals surface area contributed by atoms with Gasteiger partial charge in [0.15, 0.2) is 6.10 Å². The van der Waals surface area contributed by atoms with Gasteiger partial charge in [-0.15, -0.1) is 0 Å². The van der Waals surface area contributed by atoms with E-state index in [1.807, 2.05) is 24.3 Å². The second-order valence-electron chi connectivity index (χ2n) is 8.57. The lowest BCUT2D eigenvalue weighted by Gasteiger charge is -2.24. The van der Waals surface area contributed by atoms with Gasteiger partial charge in [0.25, 0.3) is 5.91 Å². The predicted octanol–water partition coefficient (Wildman–Crippen LogP) is 4.50. The van der Waals surface area contributed by atoms with E-state index in [2.05, 4.69) is 17.6 Å². The number of para-hydroxylation sites is 1. The average molecular weight is 446 g/mol. The van der Waals surface area contributed by atoms with Crippen molar-refractivity contribution in [2.45, 2.75) is 46.1 Å². The van der Waals surface area contributed by atoms with E-state index in [1.165, 1.54) is 6.92 Å². The number of nitrogens with zero attached hydrogens (tertiary/aromatic N) is 1. The SMILES string of the molecule is CC(=O)Nc1ccc(NC(=O)C(C)OC(=O)c2c3c(nc4ccccc24)CCC(C)C3)cc1. The minimum absolute atomic E-state index is 0.174. The molecule has 170 valence electrons. The van der Waals surface area contributed by atoms with Crippen molar-refractivity contribution in [2.75, 3.05) is 10.6 Å². The Morgan fingerprint density at radius 2 is 1.70 bits per heavy atom. The Balaban J connectivity index is 1.52. The Morgan fingerprint density at radius 3 is 2.39 bits per heavy atom. The van der Waals surface area contributed by atoms with Crippen LogP contribution in [-0.2, 0) is 27.2 Å². The molecule has 3 aromatic rings. The van der Waals surface area contributed by atoms with Crippen LogP contribution in [0.5, 0.6) is 0 Å². The molecule has 0 bridgehead atoms.